The molecular weight excluding hydrogens is 242 g/mol. The Morgan fingerprint density at radius 1 is 1.47 bits per heavy atom. The maximum atomic E-state index is 11.4. The lowest BCUT2D eigenvalue weighted by molar-refractivity contribution is 0.0519. The monoisotopic (exact) mass is 251 g/mol. The van der Waals surface area contributed by atoms with E-state index in [1.54, 1.807) is 25.3 Å². The Hall–Kier alpha value is -1.88. The molecule has 0 spiro atoms. The lowest BCUT2D eigenvalue weighted by atomic mass is 10.2. The molecular formula is C11H10ClN3O2. The number of aromatic amines is 1. The maximum absolute atomic E-state index is 11.4. The third-order valence-electron chi connectivity index (χ3n) is 2.07. The number of hydrogen-bond acceptors (Lipinski definition) is 4. The van der Waals surface area contributed by atoms with Gasteiger partial charge in [0.1, 0.15) is 5.69 Å². The molecule has 0 aromatic carbocycles. The molecule has 0 radical (unpaired) electrons. The lowest BCUT2D eigenvalue weighted by Gasteiger charge is -1.96. The van der Waals surface area contributed by atoms with E-state index < -0.39 is 5.97 Å². The number of halogens is 1. The minimum absolute atomic E-state index is 0.307. The van der Waals surface area contributed by atoms with Gasteiger partial charge in [0.2, 0.25) is 0 Å². The van der Waals surface area contributed by atoms with Crippen LogP contribution < -0.4 is 0 Å². The van der Waals surface area contributed by atoms with Crippen LogP contribution in [0.2, 0.25) is 5.02 Å². The van der Waals surface area contributed by atoms with Crippen LogP contribution >= 0.6 is 11.6 Å². The summed E-state index contributed by atoms with van der Waals surface area (Å²) < 4.78 is 4.85. The quantitative estimate of drug-likeness (QED) is 0.850. The van der Waals surface area contributed by atoms with E-state index in [0.29, 0.717) is 23.0 Å². The Kier molecular flexibility index (Phi) is 3.39. The molecule has 0 bridgehead atoms. The van der Waals surface area contributed by atoms with Crippen molar-refractivity contribution in [3.05, 3.63) is 35.2 Å². The summed E-state index contributed by atoms with van der Waals surface area (Å²) in [7, 11) is 0. The van der Waals surface area contributed by atoms with Gasteiger partial charge in [0.05, 0.1) is 17.3 Å². The van der Waals surface area contributed by atoms with E-state index in [9.17, 15) is 4.79 Å². The number of nitrogens with one attached hydrogen (secondary N) is 1. The van der Waals surface area contributed by atoms with Gasteiger partial charge in [0.15, 0.2) is 0 Å². The van der Waals surface area contributed by atoms with Crippen LogP contribution in [0.5, 0.6) is 0 Å². The number of esters is 1. The zero-order chi connectivity index (χ0) is 12.3. The lowest BCUT2D eigenvalue weighted by Crippen LogP contribution is -2.04. The zero-order valence-corrected chi connectivity index (χ0v) is 9.86. The first-order valence-electron chi connectivity index (χ1n) is 5.04. The summed E-state index contributed by atoms with van der Waals surface area (Å²) in [5, 5.41) is 7.14. The molecule has 1 N–H and O–H groups in total. The number of carbonyl (C=O) groups is 1. The summed E-state index contributed by atoms with van der Waals surface area (Å²) in [6.45, 7) is 2.07. The average molecular weight is 252 g/mol. The molecule has 0 aliphatic rings. The van der Waals surface area contributed by atoms with Gasteiger partial charge in [0, 0.05) is 18.0 Å². The smallest absolute Gasteiger partial charge is 0.356 e. The number of hydrogen-bond donors (Lipinski definition) is 1. The molecule has 0 saturated heterocycles. The van der Waals surface area contributed by atoms with E-state index >= 15 is 0 Å². The van der Waals surface area contributed by atoms with Crippen molar-refractivity contribution in [3.63, 3.8) is 0 Å². The van der Waals surface area contributed by atoms with Crippen LogP contribution in [0.1, 0.15) is 17.4 Å². The molecule has 2 rings (SSSR count). The summed E-state index contributed by atoms with van der Waals surface area (Å²) in [5.41, 5.74) is 1.65. The van der Waals surface area contributed by atoms with E-state index in [2.05, 4.69) is 15.2 Å². The Morgan fingerprint density at radius 2 is 2.29 bits per heavy atom. The molecule has 0 unspecified atom stereocenters. The first-order valence-corrected chi connectivity index (χ1v) is 5.42. The largest absolute Gasteiger partial charge is 0.461 e. The van der Waals surface area contributed by atoms with Crippen LogP contribution in [0.15, 0.2) is 24.5 Å². The van der Waals surface area contributed by atoms with Gasteiger partial charge in [0.25, 0.3) is 0 Å². The Bertz CT molecular complexity index is 539. The zero-order valence-electron chi connectivity index (χ0n) is 9.11. The number of pyridine rings is 1. The third kappa shape index (κ3) is 2.62. The molecule has 2 aromatic heterocycles. The van der Waals surface area contributed by atoms with Gasteiger partial charge in [-0.15, -0.1) is 0 Å². The van der Waals surface area contributed by atoms with Gasteiger partial charge >= 0.3 is 5.97 Å². The molecule has 0 amide bonds. The molecule has 0 aliphatic heterocycles. The van der Waals surface area contributed by atoms with Crippen LogP contribution in [0.3, 0.4) is 0 Å². The Balaban J connectivity index is 2.27. The van der Waals surface area contributed by atoms with Crippen molar-refractivity contribution in [1.29, 1.82) is 0 Å². The summed E-state index contributed by atoms with van der Waals surface area (Å²) in [4.78, 5) is 15.4. The Labute approximate surface area is 103 Å². The third-order valence-corrected chi connectivity index (χ3v) is 2.28. The van der Waals surface area contributed by atoms with Crippen molar-refractivity contribution >= 4 is 17.6 Å². The highest BCUT2D eigenvalue weighted by molar-refractivity contribution is 6.30. The second kappa shape index (κ2) is 4.97. The first kappa shape index (κ1) is 11.6. The van der Waals surface area contributed by atoms with Gasteiger partial charge < -0.3 is 4.74 Å². The molecule has 6 heteroatoms. The van der Waals surface area contributed by atoms with E-state index in [1.165, 1.54) is 6.20 Å². The minimum atomic E-state index is -0.429. The predicted molar refractivity (Wildman–Crippen MR) is 62.8 cm³/mol. The standard InChI is InChI=1S/C11H10ClN3O2/c1-2-17-11(16)10-4-9(14-15-10)7-3-8(12)6-13-5-7/h3-6H,2H2,1H3,(H,14,15). The normalized spacial score (nSPS) is 10.2. The molecule has 2 heterocycles. The molecule has 17 heavy (non-hydrogen) atoms. The number of aromatic nitrogens is 3. The average Bonchev–Trinajstić information content (AvgIpc) is 2.78. The number of rotatable bonds is 3. The van der Waals surface area contributed by atoms with Crippen LogP contribution in [-0.4, -0.2) is 27.8 Å². The van der Waals surface area contributed by atoms with Gasteiger partial charge in [-0.05, 0) is 19.1 Å². The van der Waals surface area contributed by atoms with Crippen LogP contribution in [0, 0.1) is 0 Å². The molecule has 0 atom stereocenters. The summed E-state index contributed by atoms with van der Waals surface area (Å²) in [6.07, 6.45) is 3.15. The fourth-order valence-electron chi connectivity index (χ4n) is 1.33. The highest BCUT2D eigenvalue weighted by Crippen LogP contribution is 2.20. The maximum Gasteiger partial charge on any atom is 0.356 e. The predicted octanol–water partition coefficient (Wildman–Crippen LogP) is 2.30. The van der Waals surface area contributed by atoms with Gasteiger partial charge in [-0.3, -0.25) is 10.1 Å². The molecule has 0 saturated carbocycles. The van der Waals surface area contributed by atoms with Crippen molar-refractivity contribution in [2.75, 3.05) is 6.61 Å². The van der Waals surface area contributed by atoms with Crippen LogP contribution in [-0.2, 0) is 4.74 Å². The summed E-state index contributed by atoms with van der Waals surface area (Å²) >= 11 is 5.82. The molecule has 88 valence electrons. The molecule has 5 nitrogen and oxygen atoms in total. The number of nitrogens with zero attached hydrogens (tertiary/aromatic N) is 2. The van der Waals surface area contributed by atoms with E-state index in [0.717, 1.165) is 5.56 Å². The number of carbonyl (C=O) groups excluding carboxylic acids is 1. The second-order valence-electron chi connectivity index (χ2n) is 3.28. The highest BCUT2D eigenvalue weighted by atomic mass is 35.5. The van der Waals surface area contributed by atoms with Crippen molar-refractivity contribution in [2.45, 2.75) is 6.92 Å². The summed E-state index contributed by atoms with van der Waals surface area (Å²) in [6, 6.07) is 3.32. The van der Waals surface area contributed by atoms with Gasteiger partial charge in [-0.1, -0.05) is 11.6 Å². The number of ether oxygens (including phenoxy) is 1. The summed E-state index contributed by atoms with van der Waals surface area (Å²) in [5.74, 6) is -0.429. The van der Waals surface area contributed by atoms with Crippen molar-refractivity contribution in [3.8, 4) is 11.3 Å². The van der Waals surface area contributed by atoms with Crippen LogP contribution in [0.4, 0.5) is 0 Å². The van der Waals surface area contributed by atoms with E-state index in [-0.39, 0.29) is 0 Å². The minimum Gasteiger partial charge on any atom is -0.461 e. The van der Waals surface area contributed by atoms with Crippen molar-refractivity contribution in [2.24, 2.45) is 0 Å². The van der Waals surface area contributed by atoms with Gasteiger partial charge in [-0.2, -0.15) is 5.10 Å². The molecule has 2 aromatic rings. The fraction of sp³-hybridized carbons (Fsp3) is 0.182. The highest BCUT2D eigenvalue weighted by Gasteiger charge is 2.11. The SMILES string of the molecule is CCOC(=O)c1cc(-c2cncc(Cl)c2)n[nH]1. The Morgan fingerprint density at radius 3 is 3.00 bits per heavy atom. The van der Waals surface area contributed by atoms with Gasteiger partial charge in [-0.25, -0.2) is 4.79 Å². The topological polar surface area (TPSA) is 67.9 Å². The van der Waals surface area contributed by atoms with Crippen LogP contribution in [0.25, 0.3) is 11.3 Å². The van der Waals surface area contributed by atoms with Crippen molar-refractivity contribution < 1.29 is 9.53 Å². The molecule has 0 fully saturated rings. The number of H-pyrrole nitrogens is 1. The van der Waals surface area contributed by atoms with Crippen molar-refractivity contribution in [1.82, 2.24) is 15.2 Å². The van der Waals surface area contributed by atoms with E-state index in [1.807, 2.05) is 0 Å². The first-order chi connectivity index (χ1) is 8.20. The van der Waals surface area contributed by atoms with E-state index in [4.69, 9.17) is 16.3 Å². The fourth-order valence-corrected chi connectivity index (χ4v) is 1.51. The molecule has 0 aliphatic carbocycles. The second-order valence-corrected chi connectivity index (χ2v) is 3.72.